The van der Waals surface area contributed by atoms with Crippen molar-refractivity contribution in [1.29, 1.82) is 0 Å². The molecule has 1 saturated carbocycles. The Morgan fingerprint density at radius 3 is 2.44 bits per heavy atom. The molecule has 0 bridgehead atoms. The van der Waals surface area contributed by atoms with E-state index in [9.17, 15) is 13.2 Å². The van der Waals surface area contributed by atoms with Crippen molar-refractivity contribution in [3.8, 4) is 0 Å². The molecule has 0 spiro atoms. The van der Waals surface area contributed by atoms with Gasteiger partial charge in [0.05, 0.1) is 7.11 Å². The van der Waals surface area contributed by atoms with Crippen molar-refractivity contribution in [3.05, 3.63) is 0 Å². The van der Waals surface area contributed by atoms with Crippen LogP contribution in [0.15, 0.2) is 0 Å². The zero-order valence-electron chi connectivity index (χ0n) is 9.60. The van der Waals surface area contributed by atoms with Crippen LogP contribution in [0, 0.1) is 0 Å². The minimum Gasteiger partial charge on any atom is -0.468 e. The molecule has 94 valence electrons. The lowest BCUT2D eigenvalue weighted by molar-refractivity contribution is -0.141. The molecule has 1 aliphatic carbocycles. The molecule has 1 fully saturated rings. The zero-order valence-corrected chi connectivity index (χ0v) is 10.4. The summed E-state index contributed by atoms with van der Waals surface area (Å²) in [6, 6.07) is -0.0865. The highest BCUT2D eigenvalue weighted by Crippen LogP contribution is 2.24. The average molecular weight is 250 g/mol. The van der Waals surface area contributed by atoms with E-state index in [1.807, 2.05) is 0 Å². The number of esters is 1. The first-order valence-corrected chi connectivity index (χ1v) is 6.72. The van der Waals surface area contributed by atoms with E-state index < -0.39 is 16.2 Å². The Balaban J connectivity index is 2.80. The molecule has 0 aromatic rings. The van der Waals surface area contributed by atoms with Gasteiger partial charge >= 0.3 is 5.97 Å². The van der Waals surface area contributed by atoms with Gasteiger partial charge in [-0.1, -0.05) is 12.8 Å². The smallest absolute Gasteiger partial charge is 0.321 e. The zero-order chi connectivity index (χ0) is 12.2. The topological polar surface area (TPSA) is 75.7 Å². The van der Waals surface area contributed by atoms with Crippen molar-refractivity contribution in [2.75, 3.05) is 20.7 Å². The second-order valence-electron chi connectivity index (χ2n) is 3.77. The molecular weight excluding hydrogens is 232 g/mol. The third-order valence-corrected chi connectivity index (χ3v) is 4.37. The van der Waals surface area contributed by atoms with Gasteiger partial charge in [-0.2, -0.15) is 12.7 Å². The van der Waals surface area contributed by atoms with Crippen LogP contribution in [-0.4, -0.2) is 45.4 Å². The SMILES string of the molecule is CNS(=O)(=O)N(CC(=O)OC)C1CCCC1. The standard InChI is InChI=1S/C9H18N2O4S/c1-10-16(13,14)11(7-9(12)15-2)8-5-3-4-6-8/h8,10H,3-7H2,1-2H3. The minimum absolute atomic E-state index is 0.0865. The lowest BCUT2D eigenvalue weighted by Gasteiger charge is -2.26. The van der Waals surface area contributed by atoms with Gasteiger partial charge in [-0.3, -0.25) is 4.79 Å². The van der Waals surface area contributed by atoms with Crippen molar-refractivity contribution in [2.24, 2.45) is 0 Å². The Morgan fingerprint density at radius 1 is 1.44 bits per heavy atom. The quantitative estimate of drug-likeness (QED) is 0.690. The molecule has 0 saturated heterocycles. The van der Waals surface area contributed by atoms with Gasteiger partial charge in [-0.05, 0) is 12.8 Å². The Bertz CT molecular complexity index is 335. The fraction of sp³-hybridized carbons (Fsp3) is 0.889. The van der Waals surface area contributed by atoms with Crippen LogP contribution in [0.5, 0.6) is 0 Å². The molecule has 16 heavy (non-hydrogen) atoms. The van der Waals surface area contributed by atoms with Crippen molar-refractivity contribution >= 4 is 16.2 Å². The number of rotatable bonds is 5. The summed E-state index contributed by atoms with van der Waals surface area (Å²) in [5, 5.41) is 0. The molecule has 0 aromatic carbocycles. The van der Waals surface area contributed by atoms with E-state index in [1.54, 1.807) is 0 Å². The highest BCUT2D eigenvalue weighted by molar-refractivity contribution is 7.87. The first-order valence-electron chi connectivity index (χ1n) is 5.28. The molecule has 0 amide bonds. The lowest BCUT2D eigenvalue weighted by Crippen LogP contribution is -2.47. The summed E-state index contributed by atoms with van der Waals surface area (Å²) >= 11 is 0. The third kappa shape index (κ3) is 3.16. The number of nitrogens with zero attached hydrogens (tertiary/aromatic N) is 1. The van der Waals surface area contributed by atoms with Gasteiger partial charge in [0.25, 0.3) is 10.2 Å². The second-order valence-corrected chi connectivity index (χ2v) is 5.60. The largest absolute Gasteiger partial charge is 0.468 e. The third-order valence-electron chi connectivity index (χ3n) is 2.81. The highest BCUT2D eigenvalue weighted by Gasteiger charge is 2.32. The summed E-state index contributed by atoms with van der Waals surface area (Å²) in [5.41, 5.74) is 0. The molecule has 1 rings (SSSR count). The maximum atomic E-state index is 11.7. The van der Waals surface area contributed by atoms with Crippen molar-refractivity contribution in [1.82, 2.24) is 9.03 Å². The average Bonchev–Trinajstić information content (AvgIpc) is 2.78. The van der Waals surface area contributed by atoms with E-state index in [4.69, 9.17) is 0 Å². The normalized spacial score (nSPS) is 17.9. The molecule has 0 aromatic heterocycles. The van der Waals surface area contributed by atoms with Crippen LogP contribution in [0.3, 0.4) is 0 Å². The second kappa shape index (κ2) is 5.60. The molecule has 1 aliphatic rings. The summed E-state index contributed by atoms with van der Waals surface area (Å²) in [6.07, 6.45) is 3.61. The number of carbonyl (C=O) groups excluding carboxylic acids is 1. The van der Waals surface area contributed by atoms with Gasteiger partial charge in [0.15, 0.2) is 0 Å². The molecule has 0 unspecified atom stereocenters. The first kappa shape index (κ1) is 13.4. The summed E-state index contributed by atoms with van der Waals surface area (Å²) < 4.78 is 31.4. The molecule has 7 heteroatoms. The van der Waals surface area contributed by atoms with Gasteiger partial charge in [-0.25, -0.2) is 4.72 Å². The predicted molar refractivity (Wildman–Crippen MR) is 59.0 cm³/mol. The predicted octanol–water partition coefficient (Wildman–Crippen LogP) is -0.132. The number of carbonyl (C=O) groups is 1. The van der Waals surface area contributed by atoms with Crippen LogP contribution >= 0.6 is 0 Å². The van der Waals surface area contributed by atoms with Crippen LogP contribution < -0.4 is 4.72 Å². The van der Waals surface area contributed by atoms with Gasteiger partial charge in [0.1, 0.15) is 6.54 Å². The van der Waals surface area contributed by atoms with Crippen molar-refractivity contribution < 1.29 is 17.9 Å². The minimum atomic E-state index is -3.57. The van der Waals surface area contributed by atoms with Crippen LogP contribution in [0.2, 0.25) is 0 Å². The van der Waals surface area contributed by atoms with E-state index >= 15 is 0 Å². The summed E-state index contributed by atoms with van der Waals surface area (Å²) in [6.45, 7) is -0.218. The van der Waals surface area contributed by atoms with Gasteiger partial charge in [0, 0.05) is 13.1 Å². The molecule has 0 radical (unpaired) electrons. The van der Waals surface area contributed by atoms with E-state index in [2.05, 4.69) is 9.46 Å². The van der Waals surface area contributed by atoms with E-state index in [1.165, 1.54) is 18.5 Å². The number of nitrogens with one attached hydrogen (secondary N) is 1. The van der Waals surface area contributed by atoms with Crippen LogP contribution in [0.4, 0.5) is 0 Å². The van der Waals surface area contributed by atoms with E-state index in [-0.39, 0.29) is 12.6 Å². The lowest BCUT2D eigenvalue weighted by atomic mass is 10.2. The van der Waals surface area contributed by atoms with Crippen molar-refractivity contribution in [2.45, 2.75) is 31.7 Å². The maximum absolute atomic E-state index is 11.7. The molecule has 6 nitrogen and oxygen atoms in total. The van der Waals surface area contributed by atoms with E-state index in [0.717, 1.165) is 25.7 Å². The monoisotopic (exact) mass is 250 g/mol. The summed E-state index contributed by atoms with van der Waals surface area (Å²) in [7, 11) is -0.973. The highest BCUT2D eigenvalue weighted by atomic mass is 32.2. The molecular formula is C9H18N2O4S. The van der Waals surface area contributed by atoms with Gasteiger partial charge < -0.3 is 4.74 Å². The molecule has 0 atom stereocenters. The van der Waals surface area contributed by atoms with Gasteiger partial charge in [-0.15, -0.1) is 0 Å². The van der Waals surface area contributed by atoms with E-state index in [0.29, 0.717) is 0 Å². The Morgan fingerprint density at radius 2 is 2.00 bits per heavy atom. The number of ether oxygens (including phenoxy) is 1. The van der Waals surface area contributed by atoms with Crippen molar-refractivity contribution in [3.63, 3.8) is 0 Å². The number of hydrogen-bond acceptors (Lipinski definition) is 4. The fourth-order valence-electron chi connectivity index (χ4n) is 1.91. The number of hydrogen-bond donors (Lipinski definition) is 1. The fourth-order valence-corrected chi connectivity index (χ4v) is 3.02. The number of methoxy groups -OCH3 is 1. The molecule has 0 aliphatic heterocycles. The van der Waals surface area contributed by atoms with Crippen LogP contribution in [0.25, 0.3) is 0 Å². The maximum Gasteiger partial charge on any atom is 0.321 e. The first-order chi connectivity index (χ1) is 7.51. The molecule has 0 heterocycles. The Kier molecular flexibility index (Phi) is 4.69. The summed E-state index contributed by atoms with van der Waals surface area (Å²) in [5.74, 6) is -0.536. The van der Waals surface area contributed by atoms with Crippen LogP contribution in [0.1, 0.15) is 25.7 Å². The Hall–Kier alpha value is -0.660. The summed E-state index contributed by atoms with van der Waals surface area (Å²) in [4.78, 5) is 11.2. The van der Waals surface area contributed by atoms with Gasteiger partial charge in [0.2, 0.25) is 0 Å². The van der Waals surface area contributed by atoms with Crippen LogP contribution in [-0.2, 0) is 19.7 Å². The Labute approximate surface area is 96.1 Å². The molecule has 1 N–H and O–H groups in total.